The first kappa shape index (κ1) is 21.5. The maximum absolute atomic E-state index is 5.46. The van der Waals surface area contributed by atoms with E-state index in [4.69, 9.17) is 9.26 Å². The highest BCUT2D eigenvalue weighted by molar-refractivity contribution is 14.0. The van der Waals surface area contributed by atoms with Crippen molar-refractivity contribution in [3.63, 3.8) is 0 Å². The average Bonchev–Trinajstić information content (AvgIpc) is 3.34. The molecule has 0 amide bonds. The van der Waals surface area contributed by atoms with Crippen LogP contribution in [0.2, 0.25) is 0 Å². The SMILES string of the molecule is CCNC(=NCCc1noc(-c2ccccn2)n1)N(C)CC1CCOC1.I. The topological polar surface area (TPSA) is 88.7 Å². The van der Waals surface area contributed by atoms with Crippen LogP contribution in [0.15, 0.2) is 33.9 Å². The van der Waals surface area contributed by atoms with Crippen molar-refractivity contribution in [2.45, 2.75) is 19.8 Å². The van der Waals surface area contributed by atoms with E-state index in [1.807, 2.05) is 18.2 Å². The Balaban J connectivity index is 0.00000261. The molecule has 27 heavy (non-hydrogen) atoms. The van der Waals surface area contributed by atoms with Crippen LogP contribution < -0.4 is 5.32 Å². The van der Waals surface area contributed by atoms with Crippen LogP contribution in [0.5, 0.6) is 0 Å². The molecule has 0 saturated carbocycles. The lowest BCUT2D eigenvalue weighted by Crippen LogP contribution is -2.41. The van der Waals surface area contributed by atoms with Crippen LogP contribution in [0, 0.1) is 5.92 Å². The summed E-state index contributed by atoms with van der Waals surface area (Å²) in [7, 11) is 2.06. The van der Waals surface area contributed by atoms with Gasteiger partial charge in [-0.05, 0) is 25.5 Å². The molecule has 1 unspecified atom stereocenters. The Morgan fingerprint density at radius 3 is 3.00 bits per heavy atom. The molecule has 0 aliphatic carbocycles. The molecule has 0 bridgehead atoms. The number of ether oxygens (including phenoxy) is 1. The van der Waals surface area contributed by atoms with E-state index in [0.29, 0.717) is 36.3 Å². The minimum absolute atomic E-state index is 0. The standard InChI is InChI=1S/C18H26N6O2.HI/c1-3-19-18(24(2)12-14-8-11-25-13-14)21-10-7-16-22-17(26-23-16)15-6-4-5-9-20-15;/h4-6,9,14H,3,7-8,10-13H2,1-2H3,(H,19,21);1H. The van der Waals surface area contributed by atoms with Crippen molar-refractivity contribution in [1.82, 2.24) is 25.3 Å². The van der Waals surface area contributed by atoms with Crippen molar-refractivity contribution in [3.05, 3.63) is 30.2 Å². The molecule has 8 nitrogen and oxygen atoms in total. The summed E-state index contributed by atoms with van der Waals surface area (Å²) in [6, 6.07) is 5.59. The average molecular weight is 486 g/mol. The van der Waals surface area contributed by atoms with E-state index in [2.05, 4.69) is 44.3 Å². The van der Waals surface area contributed by atoms with Gasteiger partial charge in [0.25, 0.3) is 5.89 Å². The van der Waals surface area contributed by atoms with Crippen LogP contribution in [0.25, 0.3) is 11.6 Å². The summed E-state index contributed by atoms with van der Waals surface area (Å²) in [6.07, 6.45) is 3.44. The zero-order valence-electron chi connectivity index (χ0n) is 15.8. The molecule has 1 aliphatic heterocycles. The molecule has 3 heterocycles. The van der Waals surface area contributed by atoms with E-state index in [0.717, 1.165) is 38.7 Å². The van der Waals surface area contributed by atoms with Crippen molar-refractivity contribution in [2.24, 2.45) is 10.9 Å². The van der Waals surface area contributed by atoms with Gasteiger partial charge in [0.05, 0.1) is 6.61 Å². The highest BCUT2D eigenvalue weighted by Gasteiger charge is 2.19. The lowest BCUT2D eigenvalue weighted by Gasteiger charge is -2.24. The number of hydrogen-bond donors (Lipinski definition) is 1. The third kappa shape index (κ3) is 6.42. The number of pyridine rings is 1. The summed E-state index contributed by atoms with van der Waals surface area (Å²) in [5.74, 6) is 2.54. The van der Waals surface area contributed by atoms with Gasteiger partial charge in [-0.3, -0.25) is 9.98 Å². The lowest BCUT2D eigenvalue weighted by molar-refractivity contribution is 0.181. The Labute approximate surface area is 176 Å². The summed E-state index contributed by atoms with van der Waals surface area (Å²) in [5.41, 5.74) is 0.682. The molecule has 0 spiro atoms. The van der Waals surface area contributed by atoms with Gasteiger partial charge >= 0.3 is 0 Å². The third-order valence-electron chi connectivity index (χ3n) is 4.20. The molecule has 2 aromatic heterocycles. The second-order valence-corrected chi connectivity index (χ2v) is 6.33. The molecule has 3 rings (SSSR count). The van der Waals surface area contributed by atoms with Crippen LogP contribution in [0.1, 0.15) is 19.2 Å². The molecule has 1 fully saturated rings. The highest BCUT2D eigenvalue weighted by Crippen LogP contribution is 2.14. The van der Waals surface area contributed by atoms with Gasteiger partial charge in [0.1, 0.15) is 5.69 Å². The number of aliphatic imine (C=N–C) groups is 1. The Morgan fingerprint density at radius 2 is 2.30 bits per heavy atom. The van der Waals surface area contributed by atoms with E-state index < -0.39 is 0 Å². The minimum atomic E-state index is 0. The van der Waals surface area contributed by atoms with Crippen LogP contribution in [-0.4, -0.2) is 65.9 Å². The Morgan fingerprint density at radius 1 is 1.41 bits per heavy atom. The number of rotatable bonds is 7. The number of halogens is 1. The van der Waals surface area contributed by atoms with Crippen molar-refractivity contribution < 1.29 is 9.26 Å². The smallest absolute Gasteiger partial charge is 0.276 e. The first-order chi connectivity index (χ1) is 12.8. The summed E-state index contributed by atoms with van der Waals surface area (Å²) < 4.78 is 10.7. The number of nitrogens with one attached hydrogen (secondary N) is 1. The van der Waals surface area contributed by atoms with Crippen LogP contribution in [-0.2, 0) is 11.2 Å². The predicted molar refractivity (Wildman–Crippen MR) is 114 cm³/mol. The Bertz CT molecular complexity index is 703. The van der Waals surface area contributed by atoms with Crippen molar-refractivity contribution in [2.75, 3.05) is 39.9 Å². The monoisotopic (exact) mass is 486 g/mol. The van der Waals surface area contributed by atoms with Gasteiger partial charge in [-0.2, -0.15) is 4.98 Å². The highest BCUT2D eigenvalue weighted by atomic mass is 127. The molecule has 0 aromatic carbocycles. The fourth-order valence-electron chi connectivity index (χ4n) is 2.88. The summed E-state index contributed by atoms with van der Waals surface area (Å²) in [6.45, 7) is 6.13. The molecule has 2 aromatic rings. The van der Waals surface area contributed by atoms with E-state index >= 15 is 0 Å². The number of guanidine groups is 1. The van der Waals surface area contributed by atoms with Gasteiger partial charge in [-0.25, -0.2) is 0 Å². The van der Waals surface area contributed by atoms with Crippen LogP contribution in [0.4, 0.5) is 0 Å². The number of nitrogens with zero attached hydrogens (tertiary/aromatic N) is 5. The van der Waals surface area contributed by atoms with Gasteiger partial charge in [0.2, 0.25) is 0 Å². The summed E-state index contributed by atoms with van der Waals surface area (Å²) in [4.78, 5) is 15.5. The van der Waals surface area contributed by atoms with Crippen LogP contribution >= 0.6 is 24.0 Å². The molecular weight excluding hydrogens is 459 g/mol. The van der Waals surface area contributed by atoms with Crippen molar-refractivity contribution >= 4 is 29.9 Å². The van der Waals surface area contributed by atoms with Gasteiger partial charge in [0, 0.05) is 51.8 Å². The molecule has 148 valence electrons. The number of aromatic nitrogens is 3. The summed E-state index contributed by atoms with van der Waals surface area (Å²) >= 11 is 0. The maximum Gasteiger partial charge on any atom is 0.276 e. The molecule has 9 heteroatoms. The lowest BCUT2D eigenvalue weighted by atomic mass is 10.1. The van der Waals surface area contributed by atoms with Gasteiger partial charge < -0.3 is 19.5 Å². The quantitative estimate of drug-likeness (QED) is 0.365. The van der Waals surface area contributed by atoms with Crippen molar-refractivity contribution in [1.29, 1.82) is 0 Å². The zero-order chi connectivity index (χ0) is 18.2. The number of hydrogen-bond acceptors (Lipinski definition) is 6. The molecule has 1 aliphatic rings. The van der Waals surface area contributed by atoms with E-state index in [9.17, 15) is 0 Å². The van der Waals surface area contributed by atoms with E-state index in [1.54, 1.807) is 6.20 Å². The van der Waals surface area contributed by atoms with Gasteiger partial charge in [-0.15, -0.1) is 24.0 Å². The maximum atomic E-state index is 5.46. The fraction of sp³-hybridized carbons (Fsp3) is 0.556. The molecule has 1 atom stereocenters. The predicted octanol–water partition coefficient (Wildman–Crippen LogP) is 2.23. The van der Waals surface area contributed by atoms with E-state index in [-0.39, 0.29) is 24.0 Å². The molecule has 1 saturated heterocycles. The summed E-state index contributed by atoms with van der Waals surface area (Å²) in [5, 5.41) is 7.35. The van der Waals surface area contributed by atoms with Gasteiger partial charge in [-0.1, -0.05) is 11.2 Å². The second-order valence-electron chi connectivity index (χ2n) is 6.33. The molecular formula is C18H27IN6O2. The first-order valence-corrected chi connectivity index (χ1v) is 9.07. The minimum Gasteiger partial charge on any atom is -0.381 e. The normalized spacial score (nSPS) is 16.8. The molecule has 1 N–H and O–H groups in total. The van der Waals surface area contributed by atoms with E-state index in [1.165, 1.54) is 0 Å². The Kier molecular flexibility index (Phi) is 8.92. The molecule has 0 radical (unpaired) electrons. The van der Waals surface area contributed by atoms with Crippen molar-refractivity contribution in [3.8, 4) is 11.6 Å². The Hall–Kier alpha value is -1.75. The second kappa shape index (κ2) is 11.2. The largest absolute Gasteiger partial charge is 0.381 e. The van der Waals surface area contributed by atoms with Gasteiger partial charge in [0.15, 0.2) is 11.8 Å². The van der Waals surface area contributed by atoms with Crippen LogP contribution in [0.3, 0.4) is 0 Å². The first-order valence-electron chi connectivity index (χ1n) is 9.07. The fourth-order valence-corrected chi connectivity index (χ4v) is 2.88. The third-order valence-corrected chi connectivity index (χ3v) is 4.20. The zero-order valence-corrected chi connectivity index (χ0v) is 18.1.